The Kier molecular flexibility index (Phi) is 2.28. The van der Waals surface area contributed by atoms with Crippen LogP contribution >= 0.6 is 11.8 Å². The Bertz CT molecular complexity index is 662. The van der Waals surface area contributed by atoms with Gasteiger partial charge in [0, 0.05) is 0 Å². The van der Waals surface area contributed by atoms with Crippen LogP contribution in [-0.2, 0) is 4.74 Å². The van der Waals surface area contributed by atoms with Gasteiger partial charge >= 0.3 is 0 Å². The van der Waals surface area contributed by atoms with Crippen LogP contribution in [0.1, 0.15) is 6.23 Å². The van der Waals surface area contributed by atoms with E-state index in [0.717, 1.165) is 0 Å². The molecule has 4 rings (SSSR count). The fourth-order valence-corrected chi connectivity index (χ4v) is 3.83. The quantitative estimate of drug-likeness (QED) is 0.617. The third-order valence-corrected chi connectivity index (χ3v) is 4.81. The summed E-state index contributed by atoms with van der Waals surface area (Å²) in [5.74, 6) is 0.302. The first-order chi connectivity index (χ1) is 9.20. The number of nitrogen functional groups attached to an aromatic ring is 1. The Morgan fingerprint density at radius 2 is 2.32 bits per heavy atom. The fraction of sp³-hybridized carbons (Fsp3) is 0.500. The molecule has 1 fully saturated rings. The summed E-state index contributed by atoms with van der Waals surface area (Å²) in [6.07, 6.45) is -0.337. The molecule has 0 saturated carbocycles. The van der Waals surface area contributed by atoms with E-state index in [1.54, 1.807) is 4.57 Å². The fourth-order valence-electron chi connectivity index (χ4n) is 2.57. The number of nitrogens with two attached hydrogens (primary N) is 1. The molecule has 100 valence electrons. The first-order valence-corrected chi connectivity index (χ1v) is 6.68. The van der Waals surface area contributed by atoms with Gasteiger partial charge in [-0.2, -0.15) is 0 Å². The maximum absolute atomic E-state index is 10.2. The van der Waals surface area contributed by atoms with Gasteiger partial charge < -0.3 is 20.7 Å². The number of ether oxygens (including phenoxy) is 1. The van der Waals surface area contributed by atoms with E-state index >= 15 is 0 Å². The molecular weight excluding hydrogens is 270 g/mol. The molecule has 8 nitrogen and oxygen atoms in total. The number of imidazole rings is 1. The lowest BCUT2D eigenvalue weighted by atomic mass is 10.2. The highest BCUT2D eigenvalue weighted by Gasteiger charge is 2.50. The predicted molar refractivity (Wildman–Crippen MR) is 66.4 cm³/mol. The molecule has 4 unspecified atom stereocenters. The minimum atomic E-state index is -0.705. The normalized spacial score (nSPS) is 32.7. The molecule has 2 bridgehead atoms. The van der Waals surface area contributed by atoms with Crippen molar-refractivity contribution in [2.24, 2.45) is 0 Å². The Morgan fingerprint density at radius 3 is 3.11 bits per heavy atom. The smallest absolute Gasteiger partial charge is 0.173 e. The summed E-state index contributed by atoms with van der Waals surface area (Å²) in [7, 11) is 0. The van der Waals surface area contributed by atoms with Crippen molar-refractivity contribution < 1.29 is 14.9 Å². The van der Waals surface area contributed by atoms with Crippen molar-refractivity contribution in [3.05, 3.63) is 6.33 Å². The standard InChI is InChI=1S/C10H11N5O3S/c11-7-4-8(13-2-12-7)15-9-5(17)6(3(1-16)18-9)19-10(15)14-4/h2-3,5-6,9,16-17H,1H2,(H2,11,12,13). The van der Waals surface area contributed by atoms with Gasteiger partial charge in [-0.1, -0.05) is 11.8 Å². The van der Waals surface area contributed by atoms with Crippen LogP contribution in [0.15, 0.2) is 11.5 Å². The average molecular weight is 281 g/mol. The van der Waals surface area contributed by atoms with E-state index in [2.05, 4.69) is 15.0 Å². The summed E-state index contributed by atoms with van der Waals surface area (Å²) in [5, 5.41) is 20.0. The average Bonchev–Trinajstić information content (AvgIpc) is 2.86. The number of thioether (sulfide) groups is 1. The number of aliphatic hydroxyl groups is 2. The molecule has 4 atom stereocenters. The van der Waals surface area contributed by atoms with Crippen molar-refractivity contribution in [1.29, 1.82) is 0 Å². The van der Waals surface area contributed by atoms with Gasteiger partial charge in [0.25, 0.3) is 0 Å². The highest BCUT2D eigenvalue weighted by Crippen LogP contribution is 2.47. The van der Waals surface area contributed by atoms with Crippen molar-refractivity contribution in [1.82, 2.24) is 19.5 Å². The van der Waals surface area contributed by atoms with Gasteiger partial charge in [0.15, 0.2) is 28.4 Å². The van der Waals surface area contributed by atoms with E-state index in [9.17, 15) is 10.2 Å². The van der Waals surface area contributed by atoms with Crippen molar-refractivity contribution in [2.45, 2.75) is 28.8 Å². The van der Waals surface area contributed by atoms with E-state index in [4.69, 9.17) is 10.5 Å². The van der Waals surface area contributed by atoms with Crippen molar-refractivity contribution in [3.8, 4) is 0 Å². The van der Waals surface area contributed by atoms with Crippen LogP contribution in [0.25, 0.3) is 11.2 Å². The Labute approximate surface area is 111 Å². The molecule has 1 saturated heterocycles. The molecule has 4 N–H and O–H groups in total. The van der Waals surface area contributed by atoms with Gasteiger partial charge in [0.2, 0.25) is 0 Å². The molecule has 2 aliphatic heterocycles. The zero-order valence-corrected chi connectivity index (χ0v) is 10.5. The number of anilines is 1. The van der Waals surface area contributed by atoms with Crippen LogP contribution in [0.3, 0.4) is 0 Å². The maximum Gasteiger partial charge on any atom is 0.173 e. The Morgan fingerprint density at radius 1 is 1.47 bits per heavy atom. The highest BCUT2D eigenvalue weighted by molar-refractivity contribution is 8.00. The van der Waals surface area contributed by atoms with Gasteiger partial charge in [-0.3, -0.25) is 4.57 Å². The van der Waals surface area contributed by atoms with Crippen molar-refractivity contribution >= 4 is 28.7 Å². The molecule has 0 spiro atoms. The Balaban J connectivity index is 1.93. The van der Waals surface area contributed by atoms with Crippen LogP contribution in [-0.4, -0.2) is 53.8 Å². The Hall–Kier alpha value is -1.42. The number of rotatable bonds is 1. The molecule has 9 heteroatoms. The van der Waals surface area contributed by atoms with Crippen molar-refractivity contribution in [3.63, 3.8) is 0 Å². The second-order valence-corrected chi connectivity index (χ2v) is 5.66. The minimum Gasteiger partial charge on any atom is -0.394 e. The number of fused-ring (bicyclic) bond motifs is 6. The monoisotopic (exact) mass is 281 g/mol. The van der Waals surface area contributed by atoms with Gasteiger partial charge in [-0.15, -0.1) is 0 Å². The van der Waals surface area contributed by atoms with Gasteiger partial charge in [-0.25, -0.2) is 15.0 Å². The van der Waals surface area contributed by atoms with E-state index in [0.29, 0.717) is 22.1 Å². The highest BCUT2D eigenvalue weighted by atomic mass is 32.2. The summed E-state index contributed by atoms with van der Waals surface area (Å²) >= 11 is 1.37. The summed E-state index contributed by atoms with van der Waals surface area (Å²) in [4.78, 5) is 12.5. The molecule has 0 aromatic carbocycles. The van der Waals surface area contributed by atoms with E-state index in [1.807, 2.05) is 0 Å². The van der Waals surface area contributed by atoms with Crippen molar-refractivity contribution in [2.75, 3.05) is 12.3 Å². The number of hydrogen-bond acceptors (Lipinski definition) is 8. The van der Waals surface area contributed by atoms with Crippen LogP contribution in [0.4, 0.5) is 5.82 Å². The lowest BCUT2D eigenvalue weighted by Crippen LogP contribution is -2.34. The molecule has 4 heterocycles. The van der Waals surface area contributed by atoms with Crippen LogP contribution < -0.4 is 5.73 Å². The summed E-state index contributed by atoms with van der Waals surface area (Å²) in [6.45, 7) is -0.134. The molecule has 0 amide bonds. The summed E-state index contributed by atoms with van der Waals surface area (Å²) in [6, 6.07) is 0. The van der Waals surface area contributed by atoms with Crippen LogP contribution in [0.2, 0.25) is 0 Å². The number of aliphatic hydroxyl groups excluding tert-OH is 2. The maximum atomic E-state index is 10.2. The first kappa shape index (κ1) is 11.4. The van der Waals surface area contributed by atoms with E-state index in [-0.39, 0.29) is 11.9 Å². The third kappa shape index (κ3) is 1.38. The minimum absolute atomic E-state index is 0.134. The topological polar surface area (TPSA) is 119 Å². The summed E-state index contributed by atoms with van der Waals surface area (Å²) < 4.78 is 7.40. The largest absolute Gasteiger partial charge is 0.394 e. The molecular formula is C10H11N5O3S. The van der Waals surface area contributed by atoms with Gasteiger partial charge in [-0.05, 0) is 0 Å². The lowest BCUT2D eigenvalue weighted by Gasteiger charge is -2.24. The van der Waals surface area contributed by atoms with E-state index < -0.39 is 18.4 Å². The second kappa shape index (κ2) is 3.79. The molecule has 2 aliphatic rings. The molecule has 0 aliphatic carbocycles. The van der Waals surface area contributed by atoms with Gasteiger partial charge in [0.05, 0.1) is 18.0 Å². The SMILES string of the molecule is Nc1ncnc2c1nc1n2C2OC(CO)C(S1)C2O. The third-order valence-electron chi connectivity index (χ3n) is 3.46. The zero-order valence-electron chi connectivity index (χ0n) is 9.67. The zero-order chi connectivity index (χ0) is 13.1. The molecule has 2 aromatic heterocycles. The van der Waals surface area contributed by atoms with Crippen LogP contribution in [0.5, 0.6) is 0 Å². The predicted octanol–water partition coefficient (Wildman–Crippen LogP) is -0.867. The summed E-state index contributed by atoms with van der Waals surface area (Å²) in [5.41, 5.74) is 6.82. The van der Waals surface area contributed by atoms with Gasteiger partial charge in [0.1, 0.15) is 12.4 Å². The number of nitrogens with zero attached hydrogens (tertiary/aromatic N) is 4. The molecule has 19 heavy (non-hydrogen) atoms. The lowest BCUT2D eigenvalue weighted by molar-refractivity contribution is -0.0523. The van der Waals surface area contributed by atoms with E-state index in [1.165, 1.54) is 18.1 Å². The second-order valence-electron chi connectivity index (χ2n) is 4.52. The molecule has 0 radical (unpaired) electrons. The number of aromatic nitrogens is 4. The number of hydrogen-bond donors (Lipinski definition) is 3. The first-order valence-electron chi connectivity index (χ1n) is 5.80. The van der Waals surface area contributed by atoms with Crippen LogP contribution in [0, 0.1) is 0 Å². The molecule has 2 aromatic rings.